The van der Waals surface area contributed by atoms with Gasteiger partial charge in [0.1, 0.15) is 12.1 Å². The van der Waals surface area contributed by atoms with Gasteiger partial charge in [-0.05, 0) is 88.4 Å². The predicted octanol–water partition coefficient (Wildman–Crippen LogP) is 6.42. The van der Waals surface area contributed by atoms with E-state index in [1.807, 2.05) is 122 Å². The summed E-state index contributed by atoms with van der Waals surface area (Å²) in [5.41, 5.74) is 1.07. The number of nitrogens with one attached hydrogen (secondary N) is 4. The molecule has 2 saturated heterocycles. The molecule has 6 amide bonds. The van der Waals surface area contributed by atoms with Gasteiger partial charge in [-0.25, -0.2) is 0 Å². The Labute approximate surface area is 408 Å². The van der Waals surface area contributed by atoms with Gasteiger partial charge in [-0.1, -0.05) is 128 Å². The van der Waals surface area contributed by atoms with E-state index >= 15 is 0 Å². The van der Waals surface area contributed by atoms with E-state index < -0.39 is 35.0 Å². The zero-order valence-corrected chi connectivity index (χ0v) is 43.2. The van der Waals surface area contributed by atoms with Crippen molar-refractivity contribution < 1.29 is 28.8 Å². The van der Waals surface area contributed by atoms with Crippen LogP contribution in [-0.2, 0) is 41.9 Å². The van der Waals surface area contributed by atoms with Crippen LogP contribution in [-0.4, -0.2) is 132 Å². The topological polar surface area (TPSA) is 163 Å². The molecule has 2 aliphatic rings. The van der Waals surface area contributed by atoms with Crippen LogP contribution in [0.4, 0.5) is 0 Å². The molecule has 0 bridgehead atoms. The number of benzene rings is 2. The van der Waals surface area contributed by atoms with E-state index in [-0.39, 0.29) is 47.5 Å². The molecule has 0 saturated carbocycles. The normalized spacial score (nSPS) is 18.1. The fourth-order valence-electron chi connectivity index (χ4n) is 9.26. The van der Waals surface area contributed by atoms with Crippen molar-refractivity contribution in [1.29, 1.82) is 0 Å². The van der Waals surface area contributed by atoms with Crippen molar-refractivity contribution >= 4 is 35.4 Å². The second kappa shape index (κ2) is 26.8. The highest BCUT2D eigenvalue weighted by atomic mass is 16.2. The maximum absolute atomic E-state index is 14.2. The molecule has 0 aromatic heterocycles. The lowest BCUT2D eigenvalue weighted by molar-refractivity contribution is -0.142. The summed E-state index contributed by atoms with van der Waals surface area (Å²) in [7, 11) is 3.44. The number of hydrogen-bond acceptors (Lipinski definition) is 8. The maximum Gasteiger partial charge on any atom is 0.246 e. The van der Waals surface area contributed by atoms with Gasteiger partial charge in [0.25, 0.3) is 0 Å². The fraction of sp³-hybridized carbons (Fsp3) is 0.667. The Balaban J connectivity index is 1.30. The summed E-state index contributed by atoms with van der Waals surface area (Å²) in [5, 5.41) is 11.9. The van der Waals surface area contributed by atoms with Crippen molar-refractivity contribution in [2.45, 2.75) is 182 Å². The number of likely N-dealkylation sites (tertiary alicyclic amines) is 2. The number of hydrogen-bond donors (Lipinski definition) is 4. The summed E-state index contributed by atoms with van der Waals surface area (Å²) in [6, 6.07) is 17.4. The summed E-state index contributed by atoms with van der Waals surface area (Å²) in [5.74, 6) is -0.493. The molecule has 4 N–H and O–H groups in total. The van der Waals surface area contributed by atoms with E-state index in [1.165, 1.54) is 0 Å². The first-order valence-electron chi connectivity index (χ1n) is 25.4. The number of likely N-dealkylation sites (N-methyl/N-ethyl adjacent to an activating group) is 2. The van der Waals surface area contributed by atoms with Gasteiger partial charge in [0.15, 0.2) is 0 Å². The lowest BCUT2D eigenvalue weighted by Crippen LogP contribution is -2.59. The number of carbonyl (C=O) groups excluding carboxylic acids is 6. The summed E-state index contributed by atoms with van der Waals surface area (Å²) < 4.78 is 0. The first-order chi connectivity index (χ1) is 32.2. The average Bonchev–Trinajstić information content (AvgIpc) is 3.98. The molecule has 2 aliphatic heterocycles. The highest BCUT2D eigenvalue weighted by Crippen LogP contribution is 2.29. The monoisotopic (exact) mass is 943 g/mol. The highest BCUT2D eigenvalue weighted by molar-refractivity contribution is 5.91. The van der Waals surface area contributed by atoms with Crippen LogP contribution in [0.15, 0.2) is 60.7 Å². The van der Waals surface area contributed by atoms with Crippen molar-refractivity contribution in [2.24, 2.45) is 10.8 Å². The predicted molar refractivity (Wildman–Crippen MR) is 270 cm³/mol. The van der Waals surface area contributed by atoms with E-state index in [4.69, 9.17) is 0 Å². The largest absolute Gasteiger partial charge is 0.342 e. The Morgan fingerprint density at radius 3 is 1.22 bits per heavy atom. The summed E-state index contributed by atoms with van der Waals surface area (Å²) in [6.45, 7) is 18.3. The third-order valence-electron chi connectivity index (χ3n) is 13.8. The highest BCUT2D eigenvalue weighted by Gasteiger charge is 2.42. The Morgan fingerprint density at radius 2 is 0.897 bits per heavy atom. The van der Waals surface area contributed by atoms with Crippen LogP contribution in [0.1, 0.15) is 144 Å². The molecule has 0 aliphatic carbocycles. The molecular weight excluding hydrogens is 857 g/mol. The average molecular weight is 943 g/mol. The molecule has 2 fully saturated rings. The van der Waals surface area contributed by atoms with E-state index in [0.717, 1.165) is 75.3 Å². The van der Waals surface area contributed by atoms with Crippen LogP contribution in [0, 0.1) is 10.8 Å². The van der Waals surface area contributed by atoms with E-state index in [9.17, 15) is 28.8 Å². The first kappa shape index (κ1) is 55.8. The lowest BCUT2D eigenvalue weighted by atomic mass is 9.85. The molecule has 14 heteroatoms. The Hall–Kier alpha value is -4.82. The lowest BCUT2D eigenvalue weighted by Gasteiger charge is -2.37. The summed E-state index contributed by atoms with van der Waals surface area (Å²) in [4.78, 5) is 89.8. The molecule has 0 unspecified atom stereocenters. The number of nitrogens with zero attached hydrogens (tertiary/aromatic N) is 4. The molecule has 0 radical (unpaired) electrons. The zero-order chi connectivity index (χ0) is 50.0. The van der Waals surface area contributed by atoms with Crippen LogP contribution >= 0.6 is 0 Å². The second-order valence-electron chi connectivity index (χ2n) is 21.4. The van der Waals surface area contributed by atoms with Crippen LogP contribution in [0.5, 0.6) is 0 Å². The number of carbonyl (C=O) groups is 6. The van der Waals surface area contributed by atoms with Gasteiger partial charge in [-0.15, -0.1) is 0 Å². The summed E-state index contributed by atoms with van der Waals surface area (Å²) >= 11 is 0. The van der Waals surface area contributed by atoms with Gasteiger partial charge < -0.3 is 40.9 Å². The van der Waals surface area contributed by atoms with Gasteiger partial charge in [0.05, 0.1) is 12.1 Å². The molecule has 68 heavy (non-hydrogen) atoms. The Morgan fingerprint density at radius 1 is 0.559 bits per heavy atom. The number of unbranched alkanes of at least 4 members (excludes halogenated alkanes) is 5. The van der Waals surface area contributed by atoms with Crippen LogP contribution in [0.2, 0.25) is 0 Å². The molecule has 2 heterocycles. The first-order valence-corrected chi connectivity index (χ1v) is 25.4. The van der Waals surface area contributed by atoms with Gasteiger partial charge in [0.2, 0.25) is 35.4 Å². The molecule has 14 nitrogen and oxygen atoms in total. The van der Waals surface area contributed by atoms with Gasteiger partial charge >= 0.3 is 0 Å². The quantitative estimate of drug-likeness (QED) is 0.0829. The second-order valence-corrected chi connectivity index (χ2v) is 21.4. The van der Waals surface area contributed by atoms with Gasteiger partial charge in [-0.3, -0.25) is 28.8 Å². The van der Waals surface area contributed by atoms with Crippen molar-refractivity contribution in [1.82, 2.24) is 40.9 Å². The van der Waals surface area contributed by atoms with Crippen molar-refractivity contribution in [3.8, 4) is 0 Å². The van der Waals surface area contributed by atoms with E-state index in [0.29, 0.717) is 52.1 Å². The molecular formula is C54H86N8O6. The third-order valence-corrected chi connectivity index (χ3v) is 13.8. The minimum Gasteiger partial charge on any atom is -0.342 e. The smallest absolute Gasteiger partial charge is 0.246 e. The van der Waals surface area contributed by atoms with E-state index in [2.05, 4.69) is 21.3 Å². The number of rotatable bonds is 25. The Kier molecular flexibility index (Phi) is 22.0. The minimum atomic E-state index is -0.696. The van der Waals surface area contributed by atoms with Crippen molar-refractivity contribution in [3.05, 3.63) is 71.8 Å². The molecule has 0 spiro atoms. The molecule has 2 aromatic carbocycles. The van der Waals surface area contributed by atoms with Crippen molar-refractivity contribution in [3.63, 3.8) is 0 Å². The number of amides is 6. The zero-order valence-electron chi connectivity index (χ0n) is 43.2. The maximum atomic E-state index is 14.2. The molecule has 2 aromatic rings. The van der Waals surface area contributed by atoms with Gasteiger partial charge in [-0.2, -0.15) is 0 Å². The van der Waals surface area contributed by atoms with Crippen LogP contribution in [0.3, 0.4) is 0 Å². The van der Waals surface area contributed by atoms with Crippen molar-refractivity contribution in [2.75, 3.05) is 40.3 Å². The van der Waals surface area contributed by atoms with E-state index in [1.54, 1.807) is 27.9 Å². The molecule has 6 atom stereocenters. The SMILES string of the molecule is CN[C@@H](C)C(=O)N[C@H](C(=O)N1CCC[C@H]1CN(Cc1ccccc1)C(=O)CCCCCCCCC(=O)N(Cc1ccccc1)C[C@@H]1CCCN1C(=O)[C@@H](NC(=O)[C@H](C)NC)C(C)(C)C)C(C)(C)C. The van der Waals surface area contributed by atoms with Crippen LogP contribution < -0.4 is 21.3 Å². The molecule has 4 rings (SSSR count). The standard InChI is InChI=1S/C54H86N8O6/c1-39(55-9)49(65)57-47(53(3,4)5)51(67)61-33-23-29-43(61)37-59(35-41-25-17-15-18-26-41)45(63)31-21-13-11-12-14-22-32-46(64)60(36-42-27-19-16-20-28-42)38-44-30-24-34-62(44)52(68)48(54(6,7)8)58-50(66)40(2)56-10/h15-20,25-28,39-40,43-44,47-48,55-56H,11-14,21-24,29-38H2,1-10H3,(H,57,65)(H,58,66)/t39-,40-,43-,44-,47+,48+/m0/s1. The van der Waals surface area contributed by atoms with Gasteiger partial charge in [0, 0.05) is 64.2 Å². The Bertz CT molecular complexity index is 1780. The minimum absolute atomic E-state index is 0.0744. The van der Waals surface area contributed by atoms with Crippen LogP contribution in [0.25, 0.3) is 0 Å². The molecule has 378 valence electrons. The fourth-order valence-corrected chi connectivity index (χ4v) is 9.26. The summed E-state index contributed by atoms with van der Waals surface area (Å²) in [6.07, 6.45) is 9.35. The third kappa shape index (κ3) is 17.0.